The molecule has 0 bridgehead atoms. The van der Waals surface area contributed by atoms with Crippen molar-refractivity contribution in [2.24, 2.45) is 0 Å². The van der Waals surface area contributed by atoms with Crippen molar-refractivity contribution in [3.8, 4) is 0 Å². The monoisotopic (exact) mass is 294 g/mol. The van der Waals surface area contributed by atoms with E-state index in [9.17, 15) is 9.18 Å². The van der Waals surface area contributed by atoms with Crippen molar-refractivity contribution >= 4 is 22.5 Å². The van der Waals surface area contributed by atoms with E-state index in [0.717, 1.165) is 24.0 Å². The van der Waals surface area contributed by atoms with E-state index in [2.05, 4.69) is 11.1 Å². The molecule has 22 heavy (non-hydrogen) atoms. The van der Waals surface area contributed by atoms with E-state index in [0.29, 0.717) is 17.5 Å². The van der Waals surface area contributed by atoms with Crippen molar-refractivity contribution in [2.45, 2.75) is 12.8 Å². The Hall–Kier alpha value is -2.62. The van der Waals surface area contributed by atoms with Crippen LogP contribution in [0.4, 0.5) is 10.1 Å². The molecule has 3 aromatic rings. The predicted octanol–water partition coefficient (Wildman–Crippen LogP) is 3.90. The van der Waals surface area contributed by atoms with Crippen LogP contribution in [-0.2, 0) is 6.42 Å². The Kier molecular flexibility index (Phi) is 2.96. The molecule has 3 nitrogen and oxygen atoms in total. The molecule has 0 radical (unpaired) electrons. The van der Waals surface area contributed by atoms with E-state index in [4.69, 9.17) is 0 Å². The van der Waals surface area contributed by atoms with Gasteiger partial charge in [0.1, 0.15) is 5.82 Å². The topological polar surface area (TPSA) is 36.1 Å². The first-order valence-electron chi connectivity index (χ1n) is 7.40. The molecule has 0 atom stereocenters. The van der Waals surface area contributed by atoms with Gasteiger partial charge < -0.3 is 9.88 Å². The number of H-pyrrole nitrogens is 1. The molecule has 2 aromatic carbocycles. The number of fused-ring (bicyclic) bond motifs is 2. The van der Waals surface area contributed by atoms with Crippen LogP contribution in [0, 0.1) is 5.82 Å². The molecular formula is C18H15FN2O. The number of hydrogen-bond donors (Lipinski definition) is 1. The second kappa shape index (κ2) is 4.98. The molecule has 0 saturated heterocycles. The van der Waals surface area contributed by atoms with E-state index in [1.54, 1.807) is 17.2 Å². The maximum atomic E-state index is 13.5. The zero-order chi connectivity index (χ0) is 15.1. The first-order valence-corrected chi connectivity index (χ1v) is 7.40. The summed E-state index contributed by atoms with van der Waals surface area (Å²) < 4.78 is 13.5. The smallest absolute Gasteiger partial charge is 0.260 e. The number of nitrogens with one attached hydrogen (secondary N) is 1. The lowest BCUT2D eigenvalue weighted by Crippen LogP contribution is -2.35. The molecule has 4 heteroatoms. The highest BCUT2D eigenvalue weighted by Crippen LogP contribution is 2.30. The lowest BCUT2D eigenvalue weighted by molar-refractivity contribution is 0.0986. The highest BCUT2D eigenvalue weighted by Gasteiger charge is 2.25. The number of carbonyl (C=O) groups excluding carboxylic acids is 1. The van der Waals surface area contributed by atoms with Gasteiger partial charge in [0, 0.05) is 29.3 Å². The molecule has 0 unspecified atom stereocenters. The third kappa shape index (κ3) is 1.99. The zero-order valence-corrected chi connectivity index (χ0v) is 12.0. The first-order chi connectivity index (χ1) is 10.7. The van der Waals surface area contributed by atoms with Crippen LogP contribution in [0.5, 0.6) is 0 Å². The minimum Gasteiger partial charge on any atom is -0.360 e. The molecular weight excluding hydrogens is 279 g/mol. The van der Waals surface area contributed by atoms with Gasteiger partial charge in [-0.05, 0) is 42.7 Å². The summed E-state index contributed by atoms with van der Waals surface area (Å²) in [5.41, 5.74) is 3.44. The SMILES string of the molecule is O=C(c1c[nH]c2ccc(F)cc12)N1CCCc2ccccc21. The Morgan fingerprint density at radius 3 is 2.95 bits per heavy atom. The van der Waals surface area contributed by atoms with E-state index in [1.807, 2.05) is 18.2 Å². The number of benzene rings is 2. The van der Waals surface area contributed by atoms with Crippen LogP contribution in [0.15, 0.2) is 48.7 Å². The maximum Gasteiger partial charge on any atom is 0.260 e. The number of hydrogen-bond acceptors (Lipinski definition) is 1. The number of amides is 1. The average molecular weight is 294 g/mol. The van der Waals surface area contributed by atoms with Gasteiger partial charge in [-0.15, -0.1) is 0 Å². The molecule has 0 fully saturated rings. The van der Waals surface area contributed by atoms with Gasteiger partial charge in [-0.2, -0.15) is 0 Å². The fourth-order valence-electron chi connectivity index (χ4n) is 3.16. The molecule has 1 aliphatic heterocycles. The molecule has 0 saturated carbocycles. The minimum absolute atomic E-state index is 0.0796. The van der Waals surface area contributed by atoms with E-state index >= 15 is 0 Å². The predicted molar refractivity (Wildman–Crippen MR) is 84.7 cm³/mol. The number of para-hydroxylation sites is 1. The van der Waals surface area contributed by atoms with E-state index < -0.39 is 0 Å². The normalized spacial score (nSPS) is 14.1. The fourth-order valence-corrected chi connectivity index (χ4v) is 3.16. The third-order valence-corrected chi connectivity index (χ3v) is 4.23. The van der Waals surface area contributed by atoms with Crippen molar-refractivity contribution in [2.75, 3.05) is 11.4 Å². The quantitative estimate of drug-likeness (QED) is 0.726. The number of carbonyl (C=O) groups is 1. The number of rotatable bonds is 1. The van der Waals surface area contributed by atoms with Gasteiger partial charge in [-0.1, -0.05) is 18.2 Å². The van der Waals surface area contributed by atoms with Crippen molar-refractivity contribution in [3.63, 3.8) is 0 Å². The van der Waals surface area contributed by atoms with E-state index in [1.165, 1.54) is 17.7 Å². The molecule has 110 valence electrons. The summed E-state index contributed by atoms with van der Waals surface area (Å²) in [4.78, 5) is 17.8. The van der Waals surface area contributed by atoms with Gasteiger partial charge in [-0.25, -0.2) is 4.39 Å². The Morgan fingerprint density at radius 2 is 2.05 bits per heavy atom. The van der Waals surface area contributed by atoms with Gasteiger partial charge in [-0.3, -0.25) is 4.79 Å². The van der Waals surface area contributed by atoms with Gasteiger partial charge in [0.15, 0.2) is 0 Å². The second-order valence-electron chi connectivity index (χ2n) is 5.58. The number of aryl methyl sites for hydroxylation is 1. The molecule has 1 aliphatic rings. The first kappa shape index (κ1) is 13.1. The van der Waals surface area contributed by atoms with Crippen LogP contribution in [0.3, 0.4) is 0 Å². The molecule has 0 spiro atoms. The molecule has 1 aromatic heterocycles. The number of aromatic nitrogens is 1. The Morgan fingerprint density at radius 1 is 1.18 bits per heavy atom. The average Bonchev–Trinajstić information content (AvgIpc) is 2.96. The summed E-state index contributed by atoms with van der Waals surface area (Å²) in [6.45, 7) is 0.692. The Balaban J connectivity index is 1.80. The summed E-state index contributed by atoms with van der Waals surface area (Å²) in [5, 5.41) is 0.632. The van der Waals surface area contributed by atoms with Crippen LogP contribution in [-0.4, -0.2) is 17.4 Å². The van der Waals surface area contributed by atoms with Crippen LogP contribution in [0.1, 0.15) is 22.3 Å². The Labute approximate surface area is 127 Å². The molecule has 4 rings (SSSR count). The summed E-state index contributed by atoms with van der Waals surface area (Å²) in [6.07, 6.45) is 3.60. The van der Waals surface area contributed by atoms with Crippen LogP contribution < -0.4 is 4.90 Å². The summed E-state index contributed by atoms with van der Waals surface area (Å²) >= 11 is 0. The standard InChI is InChI=1S/C18H15FN2O/c19-13-7-8-16-14(10-13)15(11-20-16)18(22)21-9-3-5-12-4-1-2-6-17(12)21/h1-2,4,6-8,10-11,20H,3,5,9H2. The Bertz CT molecular complexity index is 868. The summed E-state index contributed by atoms with van der Waals surface area (Å²) in [7, 11) is 0. The maximum absolute atomic E-state index is 13.5. The molecule has 1 amide bonds. The lowest BCUT2D eigenvalue weighted by atomic mass is 10.0. The van der Waals surface area contributed by atoms with Crippen LogP contribution in [0.2, 0.25) is 0 Å². The second-order valence-corrected chi connectivity index (χ2v) is 5.58. The molecule has 2 heterocycles. The fraction of sp³-hybridized carbons (Fsp3) is 0.167. The zero-order valence-electron chi connectivity index (χ0n) is 12.0. The van der Waals surface area contributed by atoms with Gasteiger partial charge in [0.05, 0.1) is 5.56 Å². The third-order valence-electron chi connectivity index (χ3n) is 4.23. The van der Waals surface area contributed by atoms with Crippen LogP contribution in [0.25, 0.3) is 10.9 Å². The number of halogens is 1. The lowest BCUT2D eigenvalue weighted by Gasteiger charge is -2.29. The number of nitrogens with zero attached hydrogens (tertiary/aromatic N) is 1. The molecule has 0 aliphatic carbocycles. The minimum atomic E-state index is -0.333. The summed E-state index contributed by atoms with van der Waals surface area (Å²) in [6, 6.07) is 12.4. The number of aromatic amines is 1. The summed E-state index contributed by atoms with van der Waals surface area (Å²) in [5.74, 6) is -0.413. The number of anilines is 1. The molecule has 1 N–H and O–H groups in total. The van der Waals surface area contributed by atoms with Gasteiger partial charge in [0.2, 0.25) is 0 Å². The largest absolute Gasteiger partial charge is 0.360 e. The van der Waals surface area contributed by atoms with E-state index in [-0.39, 0.29) is 11.7 Å². The van der Waals surface area contributed by atoms with Gasteiger partial charge in [0.25, 0.3) is 5.91 Å². The van der Waals surface area contributed by atoms with Crippen molar-refractivity contribution in [3.05, 3.63) is 65.6 Å². The van der Waals surface area contributed by atoms with Crippen molar-refractivity contribution in [1.29, 1.82) is 0 Å². The van der Waals surface area contributed by atoms with Crippen molar-refractivity contribution in [1.82, 2.24) is 4.98 Å². The highest BCUT2D eigenvalue weighted by atomic mass is 19.1. The van der Waals surface area contributed by atoms with Crippen molar-refractivity contribution < 1.29 is 9.18 Å². The van der Waals surface area contributed by atoms with Gasteiger partial charge >= 0.3 is 0 Å². The highest BCUT2D eigenvalue weighted by molar-refractivity contribution is 6.14. The van der Waals surface area contributed by atoms with Crippen LogP contribution >= 0.6 is 0 Å².